The molecular formula is C15H24N2O. The minimum absolute atomic E-state index is 0.0926. The molecule has 3 nitrogen and oxygen atoms in total. The van der Waals surface area contributed by atoms with Crippen LogP contribution in [-0.4, -0.2) is 18.0 Å². The highest BCUT2D eigenvalue weighted by atomic mass is 16.1. The summed E-state index contributed by atoms with van der Waals surface area (Å²) in [6, 6.07) is 8.28. The van der Waals surface area contributed by atoms with Crippen LogP contribution in [0.15, 0.2) is 24.3 Å². The quantitative estimate of drug-likeness (QED) is 0.810. The third kappa shape index (κ3) is 5.32. The minimum Gasteiger partial charge on any atom is -0.351 e. The zero-order valence-corrected chi connectivity index (χ0v) is 11.6. The van der Waals surface area contributed by atoms with Crippen LogP contribution < -0.4 is 11.1 Å². The highest BCUT2D eigenvalue weighted by molar-refractivity contribution is 5.76. The maximum atomic E-state index is 11.8. The molecule has 0 aliphatic carbocycles. The summed E-state index contributed by atoms with van der Waals surface area (Å²) in [6.07, 6.45) is 2.10. The lowest BCUT2D eigenvalue weighted by atomic mass is 10.00. The van der Waals surface area contributed by atoms with E-state index in [1.165, 1.54) is 11.1 Å². The van der Waals surface area contributed by atoms with Gasteiger partial charge in [-0.25, -0.2) is 0 Å². The summed E-state index contributed by atoms with van der Waals surface area (Å²) >= 11 is 0. The van der Waals surface area contributed by atoms with Crippen molar-refractivity contribution < 1.29 is 4.79 Å². The lowest BCUT2D eigenvalue weighted by molar-refractivity contribution is -0.122. The highest BCUT2D eigenvalue weighted by Crippen LogP contribution is 2.09. The Morgan fingerprint density at radius 3 is 2.72 bits per heavy atom. The number of amides is 1. The van der Waals surface area contributed by atoms with Crippen molar-refractivity contribution in [1.29, 1.82) is 0 Å². The van der Waals surface area contributed by atoms with Gasteiger partial charge in [0, 0.05) is 12.0 Å². The predicted octanol–water partition coefficient (Wildman–Crippen LogP) is 2.17. The van der Waals surface area contributed by atoms with E-state index in [2.05, 4.69) is 30.4 Å². The molecule has 18 heavy (non-hydrogen) atoms. The molecule has 0 aromatic heterocycles. The predicted molar refractivity (Wildman–Crippen MR) is 75.4 cm³/mol. The van der Waals surface area contributed by atoms with Crippen molar-refractivity contribution in [3.8, 4) is 0 Å². The number of carbonyl (C=O) groups is 1. The van der Waals surface area contributed by atoms with Crippen LogP contribution in [0.2, 0.25) is 0 Å². The van der Waals surface area contributed by atoms with Gasteiger partial charge in [-0.15, -0.1) is 0 Å². The van der Waals surface area contributed by atoms with Crippen LogP contribution in [0.4, 0.5) is 0 Å². The lowest BCUT2D eigenvalue weighted by Crippen LogP contribution is -2.44. The Balaban J connectivity index is 2.42. The maximum Gasteiger partial charge on any atom is 0.220 e. The number of aryl methyl sites for hydroxylation is 2. The average Bonchev–Trinajstić information content (AvgIpc) is 2.25. The third-order valence-electron chi connectivity index (χ3n) is 2.97. The van der Waals surface area contributed by atoms with E-state index in [9.17, 15) is 4.79 Å². The fourth-order valence-corrected chi connectivity index (χ4v) is 1.99. The summed E-state index contributed by atoms with van der Waals surface area (Å²) in [5, 5.41) is 3.02. The van der Waals surface area contributed by atoms with Gasteiger partial charge in [0.2, 0.25) is 5.91 Å². The van der Waals surface area contributed by atoms with Crippen LogP contribution in [0.25, 0.3) is 0 Å². The summed E-state index contributed by atoms with van der Waals surface area (Å²) in [4.78, 5) is 11.8. The number of nitrogens with two attached hydrogens (primary N) is 1. The van der Waals surface area contributed by atoms with Crippen LogP contribution in [0.3, 0.4) is 0 Å². The minimum atomic E-state index is -0.210. The molecule has 0 bridgehead atoms. The van der Waals surface area contributed by atoms with Gasteiger partial charge < -0.3 is 11.1 Å². The van der Waals surface area contributed by atoms with Gasteiger partial charge in [0.15, 0.2) is 0 Å². The molecule has 0 atom stereocenters. The zero-order valence-electron chi connectivity index (χ0n) is 11.6. The first-order chi connectivity index (χ1) is 8.43. The van der Waals surface area contributed by atoms with Gasteiger partial charge in [0.25, 0.3) is 0 Å². The van der Waals surface area contributed by atoms with Gasteiger partial charge in [0.1, 0.15) is 0 Å². The molecule has 1 aromatic carbocycles. The third-order valence-corrected chi connectivity index (χ3v) is 2.97. The molecule has 1 rings (SSSR count). The molecule has 0 unspecified atom stereocenters. The van der Waals surface area contributed by atoms with Gasteiger partial charge in [-0.3, -0.25) is 4.79 Å². The Labute approximate surface area is 110 Å². The number of benzene rings is 1. The van der Waals surface area contributed by atoms with E-state index in [0.29, 0.717) is 13.0 Å². The van der Waals surface area contributed by atoms with Gasteiger partial charge in [0.05, 0.1) is 0 Å². The Bertz CT molecular complexity index is 399. The van der Waals surface area contributed by atoms with Crippen molar-refractivity contribution in [2.24, 2.45) is 5.73 Å². The van der Waals surface area contributed by atoms with Crippen molar-refractivity contribution in [3.05, 3.63) is 35.4 Å². The SMILES string of the molecule is Cc1cccc(CCC(=O)NC(C)(C)CCN)c1. The molecule has 1 aromatic rings. The Morgan fingerprint density at radius 1 is 1.39 bits per heavy atom. The van der Waals surface area contributed by atoms with Crippen molar-refractivity contribution in [3.63, 3.8) is 0 Å². The molecule has 0 saturated heterocycles. The number of carbonyl (C=O) groups excluding carboxylic acids is 1. The summed E-state index contributed by atoms with van der Waals surface area (Å²) < 4.78 is 0. The number of hydrogen-bond acceptors (Lipinski definition) is 2. The summed E-state index contributed by atoms with van der Waals surface area (Å²) in [7, 11) is 0. The van der Waals surface area contributed by atoms with Crippen molar-refractivity contribution in [2.75, 3.05) is 6.54 Å². The summed E-state index contributed by atoms with van der Waals surface area (Å²) in [5.74, 6) is 0.0926. The highest BCUT2D eigenvalue weighted by Gasteiger charge is 2.18. The second-order valence-electron chi connectivity index (χ2n) is 5.46. The first-order valence-electron chi connectivity index (χ1n) is 6.49. The zero-order chi connectivity index (χ0) is 13.6. The monoisotopic (exact) mass is 248 g/mol. The van der Waals surface area contributed by atoms with Crippen LogP contribution >= 0.6 is 0 Å². The molecule has 0 aliphatic rings. The summed E-state index contributed by atoms with van der Waals surface area (Å²) in [6.45, 7) is 6.66. The lowest BCUT2D eigenvalue weighted by Gasteiger charge is -2.25. The molecule has 100 valence electrons. The van der Waals surface area contributed by atoms with E-state index in [4.69, 9.17) is 5.73 Å². The van der Waals surface area contributed by atoms with E-state index in [1.807, 2.05) is 19.9 Å². The van der Waals surface area contributed by atoms with E-state index < -0.39 is 0 Å². The second kappa shape index (κ2) is 6.55. The van der Waals surface area contributed by atoms with Gasteiger partial charge in [-0.2, -0.15) is 0 Å². The Kier molecular flexibility index (Phi) is 5.35. The van der Waals surface area contributed by atoms with Crippen LogP contribution in [0, 0.1) is 6.92 Å². The van der Waals surface area contributed by atoms with Crippen LogP contribution in [0.1, 0.15) is 37.8 Å². The van der Waals surface area contributed by atoms with E-state index in [-0.39, 0.29) is 11.4 Å². The molecule has 0 radical (unpaired) electrons. The fourth-order valence-electron chi connectivity index (χ4n) is 1.99. The van der Waals surface area contributed by atoms with Crippen molar-refractivity contribution >= 4 is 5.91 Å². The molecule has 0 spiro atoms. The molecule has 0 heterocycles. The van der Waals surface area contributed by atoms with Gasteiger partial charge in [-0.05, 0) is 45.7 Å². The van der Waals surface area contributed by atoms with Gasteiger partial charge in [-0.1, -0.05) is 29.8 Å². The number of rotatable bonds is 6. The topological polar surface area (TPSA) is 55.1 Å². The molecule has 0 aliphatic heterocycles. The average molecular weight is 248 g/mol. The van der Waals surface area contributed by atoms with Crippen molar-refractivity contribution in [2.45, 2.75) is 45.6 Å². The maximum absolute atomic E-state index is 11.8. The first-order valence-corrected chi connectivity index (χ1v) is 6.49. The van der Waals surface area contributed by atoms with E-state index >= 15 is 0 Å². The summed E-state index contributed by atoms with van der Waals surface area (Å²) in [5.41, 5.74) is 7.75. The van der Waals surface area contributed by atoms with Crippen LogP contribution in [-0.2, 0) is 11.2 Å². The largest absolute Gasteiger partial charge is 0.351 e. The fraction of sp³-hybridized carbons (Fsp3) is 0.533. The molecule has 3 heteroatoms. The Morgan fingerprint density at radius 2 is 2.11 bits per heavy atom. The normalized spacial score (nSPS) is 11.3. The molecular weight excluding hydrogens is 224 g/mol. The molecule has 0 saturated carbocycles. The molecule has 1 amide bonds. The standard InChI is InChI=1S/C15H24N2O/c1-12-5-4-6-13(11-12)7-8-14(18)17-15(2,3)9-10-16/h4-6,11H,7-10,16H2,1-3H3,(H,17,18). The Hall–Kier alpha value is -1.35. The number of hydrogen-bond donors (Lipinski definition) is 2. The van der Waals surface area contributed by atoms with Gasteiger partial charge >= 0.3 is 0 Å². The van der Waals surface area contributed by atoms with E-state index in [0.717, 1.165) is 12.8 Å². The molecule has 3 N–H and O–H groups in total. The second-order valence-corrected chi connectivity index (χ2v) is 5.46. The first kappa shape index (κ1) is 14.7. The smallest absolute Gasteiger partial charge is 0.220 e. The molecule has 0 fully saturated rings. The number of nitrogens with one attached hydrogen (secondary N) is 1. The van der Waals surface area contributed by atoms with E-state index in [1.54, 1.807) is 0 Å². The van der Waals surface area contributed by atoms with Crippen LogP contribution in [0.5, 0.6) is 0 Å². The van der Waals surface area contributed by atoms with Crippen molar-refractivity contribution in [1.82, 2.24) is 5.32 Å².